The van der Waals surface area contributed by atoms with Gasteiger partial charge in [0.2, 0.25) is 0 Å². The van der Waals surface area contributed by atoms with Gasteiger partial charge in [-0.25, -0.2) is 0 Å². The molecular weight excluding hydrogens is 200 g/mol. The fourth-order valence-electron chi connectivity index (χ4n) is 1.48. The molecule has 0 aliphatic heterocycles. The second-order valence-corrected chi connectivity index (χ2v) is 4.20. The number of aryl methyl sites for hydroxylation is 1. The molecule has 2 N–H and O–H groups in total. The van der Waals surface area contributed by atoms with Gasteiger partial charge in [-0.2, -0.15) is 5.26 Å². The molecule has 0 heterocycles. The van der Waals surface area contributed by atoms with Gasteiger partial charge >= 0.3 is 0 Å². The number of nitriles is 1. The Labute approximate surface area is 96.7 Å². The average molecular weight is 218 g/mol. The molecule has 2 unspecified atom stereocenters. The van der Waals surface area contributed by atoms with Crippen molar-refractivity contribution in [2.24, 2.45) is 5.92 Å². The van der Waals surface area contributed by atoms with Gasteiger partial charge in [0.15, 0.2) is 0 Å². The maximum absolute atomic E-state index is 9.07. The van der Waals surface area contributed by atoms with E-state index in [1.54, 1.807) is 6.07 Å². The molecule has 0 bridgehead atoms. The summed E-state index contributed by atoms with van der Waals surface area (Å²) >= 11 is 0. The van der Waals surface area contributed by atoms with E-state index in [9.17, 15) is 0 Å². The molecule has 0 aromatic heterocycles. The van der Waals surface area contributed by atoms with Crippen LogP contribution in [0.1, 0.15) is 25.0 Å². The van der Waals surface area contributed by atoms with Crippen LogP contribution >= 0.6 is 0 Å². The molecule has 3 heteroatoms. The molecule has 1 rings (SSSR count). The van der Waals surface area contributed by atoms with Crippen molar-refractivity contribution in [3.8, 4) is 6.07 Å². The zero-order valence-electron chi connectivity index (χ0n) is 9.99. The zero-order valence-corrected chi connectivity index (χ0v) is 9.99. The molecule has 0 radical (unpaired) electrons. The topological polar surface area (TPSA) is 56.0 Å². The van der Waals surface area contributed by atoms with Crippen LogP contribution in [0.3, 0.4) is 0 Å². The predicted octanol–water partition coefficient (Wildman–Crippen LogP) is 2.30. The predicted molar refractivity (Wildman–Crippen MR) is 65.2 cm³/mol. The first-order valence-electron chi connectivity index (χ1n) is 5.47. The molecule has 0 saturated carbocycles. The molecule has 0 fully saturated rings. The van der Waals surface area contributed by atoms with Crippen molar-refractivity contribution in [3.05, 3.63) is 29.3 Å². The third-order valence-electron chi connectivity index (χ3n) is 2.91. The fraction of sp³-hybridized carbons (Fsp3) is 0.462. The van der Waals surface area contributed by atoms with Gasteiger partial charge in [0.25, 0.3) is 0 Å². The Hall–Kier alpha value is -1.53. The lowest BCUT2D eigenvalue weighted by atomic mass is 10.0. The third-order valence-corrected chi connectivity index (χ3v) is 2.91. The number of anilines is 1. The van der Waals surface area contributed by atoms with Crippen LogP contribution in [0.2, 0.25) is 0 Å². The molecule has 0 amide bonds. The normalized spacial score (nSPS) is 13.9. The summed E-state index contributed by atoms with van der Waals surface area (Å²) < 4.78 is 0. The van der Waals surface area contributed by atoms with Gasteiger partial charge in [0.05, 0.1) is 11.3 Å². The van der Waals surface area contributed by atoms with Gasteiger partial charge in [-0.15, -0.1) is 0 Å². The van der Waals surface area contributed by atoms with Gasteiger partial charge in [0.1, 0.15) is 6.07 Å². The highest BCUT2D eigenvalue weighted by atomic mass is 16.3. The van der Waals surface area contributed by atoms with Crippen molar-refractivity contribution in [2.45, 2.75) is 26.8 Å². The number of benzene rings is 1. The fourth-order valence-corrected chi connectivity index (χ4v) is 1.48. The molecule has 0 aliphatic rings. The number of hydrogen-bond acceptors (Lipinski definition) is 3. The van der Waals surface area contributed by atoms with E-state index in [0.717, 1.165) is 11.3 Å². The van der Waals surface area contributed by atoms with Crippen molar-refractivity contribution in [1.82, 2.24) is 0 Å². The maximum atomic E-state index is 9.07. The van der Waals surface area contributed by atoms with Gasteiger partial charge < -0.3 is 10.4 Å². The Kier molecular flexibility index (Phi) is 4.33. The summed E-state index contributed by atoms with van der Waals surface area (Å²) in [5.41, 5.74) is 2.57. The van der Waals surface area contributed by atoms with Gasteiger partial charge in [-0.1, -0.05) is 19.1 Å². The molecular formula is C13H18N2O. The van der Waals surface area contributed by atoms with Crippen LogP contribution in [0.5, 0.6) is 0 Å². The SMILES string of the molecule is Cc1cccc(C#N)c1NC(C)C(C)CO. The first-order valence-corrected chi connectivity index (χ1v) is 5.47. The Bertz CT molecular complexity index is 395. The molecule has 0 saturated heterocycles. The molecule has 1 aromatic carbocycles. The lowest BCUT2D eigenvalue weighted by Gasteiger charge is -2.22. The Balaban J connectivity index is 2.93. The second-order valence-electron chi connectivity index (χ2n) is 4.20. The second kappa shape index (κ2) is 5.53. The van der Waals surface area contributed by atoms with Crippen LogP contribution < -0.4 is 5.32 Å². The highest BCUT2D eigenvalue weighted by molar-refractivity contribution is 5.62. The van der Waals surface area contributed by atoms with E-state index in [0.29, 0.717) is 5.56 Å². The largest absolute Gasteiger partial charge is 0.396 e. The van der Waals surface area contributed by atoms with Crippen LogP contribution in [0.15, 0.2) is 18.2 Å². The molecule has 86 valence electrons. The molecule has 1 aromatic rings. The number of rotatable bonds is 4. The van der Waals surface area contributed by atoms with E-state index >= 15 is 0 Å². The van der Waals surface area contributed by atoms with Crippen molar-refractivity contribution < 1.29 is 5.11 Å². The quantitative estimate of drug-likeness (QED) is 0.815. The lowest BCUT2D eigenvalue weighted by molar-refractivity contribution is 0.226. The lowest BCUT2D eigenvalue weighted by Crippen LogP contribution is -2.27. The summed E-state index contributed by atoms with van der Waals surface area (Å²) in [6.07, 6.45) is 0. The molecule has 0 aliphatic carbocycles. The standard InChI is InChI=1S/C13H18N2O/c1-9-5-4-6-12(7-14)13(9)15-11(3)10(2)8-16/h4-6,10-11,15-16H,8H2,1-3H3. The van der Waals surface area contributed by atoms with Gasteiger partial charge in [-0.05, 0) is 31.4 Å². The van der Waals surface area contributed by atoms with Crippen LogP contribution in [0.25, 0.3) is 0 Å². The molecule has 0 spiro atoms. The summed E-state index contributed by atoms with van der Waals surface area (Å²) in [4.78, 5) is 0. The van der Waals surface area contributed by atoms with E-state index in [4.69, 9.17) is 10.4 Å². The van der Waals surface area contributed by atoms with Crippen molar-refractivity contribution in [1.29, 1.82) is 5.26 Å². The van der Waals surface area contributed by atoms with E-state index in [1.807, 2.05) is 32.9 Å². The highest BCUT2D eigenvalue weighted by Crippen LogP contribution is 2.22. The summed E-state index contributed by atoms with van der Waals surface area (Å²) in [6.45, 7) is 6.10. The number of aliphatic hydroxyl groups is 1. The molecule has 2 atom stereocenters. The number of hydrogen-bond donors (Lipinski definition) is 2. The zero-order chi connectivity index (χ0) is 12.1. The minimum absolute atomic E-state index is 0.137. The maximum Gasteiger partial charge on any atom is 0.101 e. The molecule has 3 nitrogen and oxygen atoms in total. The summed E-state index contributed by atoms with van der Waals surface area (Å²) in [5.74, 6) is 0.158. The van der Waals surface area contributed by atoms with Gasteiger partial charge in [0, 0.05) is 12.6 Å². The Morgan fingerprint density at radius 3 is 2.69 bits per heavy atom. The Morgan fingerprint density at radius 1 is 1.44 bits per heavy atom. The van der Waals surface area contributed by atoms with E-state index in [-0.39, 0.29) is 18.6 Å². The van der Waals surface area contributed by atoms with Crippen LogP contribution in [-0.4, -0.2) is 17.8 Å². The van der Waals surface area contributed by atoms with E-state index in [1.165, 1.54) is 0 Å². The van der Waals surface area contributed by atoms with Gasteiger partial charge in [-0.3, -0.25) is 0 Å². The van der Waals surface area contributed by atoms with Crippen molar-refractivity contribution in [3.63, 3.8) is 0 Å². The van der Waals surface area contributed by atoms with E-state index < -0.39 is 0 Å². The van der Waals surface area contributed by atoms with E-state index in [2.05, 4.69) is 11.4 Å². The number of nitrogens with one attached hydrogen (secondary N) is 1. The Morgan fingerprint density at radius 2 is 2.12 bits per heavy atom. The highest BCUT2D eigenvalue weighted by Gasteiger charge is 2.13. The summed E-state index contributed by atoms with van der Waals surface area (Å²) in [6, 6.07) is 7.95. The average Bonchev–Trinajstić information content (AvgIpc) is 2.30. The summed E-state index contributed by atoms with van der Waals surface area (Å²) in [5, 5.41) is 21.4. The number of aliphatic hydroxyl groups excluding tert-OH is 1. The minimum atomic E-state index is 0.137. The number of nitrogens with zero attached hydrogens (tertiary/aromatic N) is 1. The van der Waals surface area contributed by atoms with Crippen molar-refractivity contribution in [2.75, 3.05) is 11.9 Å². The molecule has 16 heavy (non-hydrogen) atoms. The van der Waals surface area contributed by atoms with Crippen LogP contribution in [-0.2, 0) is 0 Å². The summed E-state index contributed by atoms with van der Waals surface area (Å²) in [7, 11) is 0. The first-order chi connectivity index (χ1) is 7.60. The minimum Gasteiger partial charge on any atom is -0.396 e. The third kappa shape index (κ3) is 2.74. The van der Waals surface area contributed by atoms with Crippen LogP contribution in [0, 0.1) is 24.2 Å². The monoisotopic (exact) mass is 218 g/mol. The smallest absolute Gasteiger partial charge is 0.101 e. The number of para-hydroxylation sites is 1. The van der Waals surface area contributed by atoms with Crippen molar-refractivity contribution >= 4 is 5.69 Å². The van der Waals surface area contributed by atoms with Crippen LogP contribution in [0.4, 0.5) is 5.69 Å². The first kappa shape index (κ1) is 12.5.